The molecule has 6 heteroatoms. The second kappa shape index (κ2) is 5.77. The Hall–Kier alpha value is -1.69. The number of hydrogen-bond donors (Lipinski definition) is 1. The summed E-state index contributed by atoms with van der Waals surface area (Å²) in [5.41, 5.74) is 0.695. The van der Waals surface area contributed by atoms with E-state index >= 15 is 0 Å². The van der Waals surface area contributed by atoms with Gasteiger partial charge in [-0.25, -0.2) is 0 Å². The van der Waals surface area contributed by atoms with E-state index in [1.807, 2.05) is 0 Å². The van der Waals surface area contributed by atoms with Crippen LogP contribution in [0, 0.1) is 0 Å². The molecular formula is C12H14N2O3S. The van der Waals surface area contributed by atoms with Crippen LogP contribution in [0.4, 0.5) is 10.5 Å². The fraction of sp³-hybridized carbons (Fsp3) is 0.333. The van der Waals surface area contributed by atoms with Crippen LogP contribution in [0.25, 0.3) is 0 Å². The molecule has 1 saturated heterocycles. The highest BCUT2D eigenvalue weighted by molar-refractivity contribution is 8.13. The van der Waals surface area contributed by atoms with E-state index in [2.05, 4.69) is 5.32 Å². The summed E-state index contributed by atoms with van der Waals surface area (Å²) in [6.45, 7) is 0.747. The zero-order chi connectivity index (χ0) is 13.0. The van der Waals surface area contributed by atoms with Gasteiger partial charge in [0.1, 0.15) is 12.3 Å². The van der Waals surface area contributed by atoms with Gasteiger partial charge in [0.15, 0.2) is 0 Å². The van der Waals surface area contributed by atoms with Crippen molar-refractivity contribution in [1.29, 1.82) is 0 Å². The summed E-state index contributed by atoms with van der Waals surface area (Å²) in [4.78, 5) is 24.6. The van der Waals surface area contributed by atoms with Crippen molar-refractivity contribution in [3.8, 4) is 5.75 Å². The molecule has 1 aromatic rings. The zero-order valence-electron chi connectivity index (χ0n) is 10.0. The Morgan fingerprint density at radius 3 is 2.72 bits per heavy atom. The molecule has 1 aliphatic heterocycles. The standard InChI is InChI=1S/C12H14N2O3S/c1-17-10-4-2-9(3-5-10)13-11(15)8-14-6-7-18-12(14)16/h2-5H,6-8H2,1H3,(H,13,15). The van der Waals surface area contributed by atoms with Crippen LogP contribution in [0.3, 0.4) is 0 Å². The van der Waals surface area contributed by atoms with Crippen LogP contribution in [-0.2, 0) is 4.79 Å². The monoisotopic (exact) mass is 266 g/mol. The van der Waals surface area contributed by atoms with Crippen LogP contribution in [-0.4, -0.2) is 42.0 Å². The minimum atomic E-state index is -0.184. The van der Waals surface area contributed by atoms with Crippen LogP contribution in [0.2, 0.25) is 0 Å². The Kier molecular flexibility index (Phi) is 4.09. The number of carbonyl (C=O) groups is 2. The SMILES string of the molecule is COc1ccc(NC(=O)CN2CCSC2=O)cc1. The maximum absolute atomic E-state index is 11.7. The first kappa shape index (κ1) is 12.8. The topological polar surface area (TPSA) is 58.6 Å². The summed E-state index contributed by atoms with van der Waals surface area (Å²) in [6.07, 6.45) is 0. The number of thioether (sulfide) groups is 1. The Bertz CT molecular complexity index is 447. The maximum atomic E-state index is 11.7. The minimum absolute atomic E-state index is 0.0279. The molecule has 18 heavy (non-hydrogen) atoms. The smallest absolute Gasteiger partial charge is 0.282 e. The van der Waals surface area contributed by atoms with Gasteiger partial charge in [-0.05, 0) is 24.3 Å². The van der Waals surface area contributed by atoms with E-state index in [0.29, 0.717) is 12.2 Å². The molecule has 0 bridgehead atoms. The van der Waals surface area contributed by atoms with E-state index in [9.17, 15) is 9.59 Å². The van der Waals surface area contributed by atoms with Crippen molar-refractivity contribution in [3.05, 3.63) is 24.3 Å². The highest BCUT2D eigenvalue weighted by Crippen LogP contribution is 2.18. The highest BCUT2D eigenvalue weighted by atomic mass is 32.2. The number of methoxy groups -OCH3 is 1. The third-order valence-corrected chi connectivity index (χ3v) is 3.45. The average Bonchev–Trinajstić information content (AvgIpc) is 2.76. The van der Waals surface area contributed by atoms with Crippen LogP contribution in [0.1, 0.15) is 0 Å². The summed E-state index contributed by atoms with van der Waals surface area (Å²) in [5, 5.41) is 2.72. The van der Waals surface area contributed by atoms with Crippen molar-refractivity contribution in [2.24, 2.45) is 0 Å². The maximum Gasteiger partial charge on any atom is 0.282 e. The Balaban J connectivity index is 1.88. The first-order valence-corrected chi connectivity index (χ1v) is 6.53. The number of nitrogens with one attached hydrogen (secondary N) is 1. The molecule has 1 aromatic carbocycles. The molecule has 96 valence electrons. The van der Waals surface area contributed by atoms with E-state index in [0.717, 1.165) is 11.5 Å². The van der Waals surface area contributed by atoms with Gasteiger partial charge in [0.05, 0.1) is 7.11 Å². The van der Waals surface area contributed by atoms with Gasteiger partial charge in [0, 0.05) is 18.0 Å². The van der Waals surface area contributed by atoms with Crippen molar-refractivity contribution in [2.45, 2.75) is 0 Å². The highest BCUT2D eigenvalue weighted by Gasteiger charge is 2.23. The largest absolute Gasteiger partial charge is 0.497 e. The molecule has 0 spiro atoms. The van der Waals surface area contributed by atoms with E-state index in [-0.39, 0.29) is 17.7 Å². The molecule has 5 nitrogen and oxygen atoms in total. The predicted octanol–water partition coefficient (Wildman–Crippen LogP) is 1.80. The van der Waals surface area contributed by atoms with E-state index in [4.69, 9.17) is 4.74 Å². The van der Waals surface area contributed by atoms with Gasteiger partial charge in [-0.15, -0.1) is 0 Å². The lowest BCUT2D eigenvalue weighted by Crippen LogP contribution is -2.33. The summed E-state index contributed by atoms with van der Waals surface area (Å²) in [6, 6.07) is 7.06. The molecule has 0 aliphatic carbocycles. The Labute approximate surface area is 109 Å². The van der Waals surface area contributed by atoms with Crippen LogP contribution in [0.5, 0.6) is 5.75 Å². The van der Waals surface area contributed by atoms with Crippen LogP contribution in [0.15, 0.2) is 24.3 Å². The number of hydrogen-bond acceptors (Lipinski definition) is 4. The lowest BCUT2D eigenvalue weighted by molar-refractivity contribution is -0.116. The number of anilines is 1. The molecule has 0 atom stereocenters. The molecule has 0 unspecified atom stereocenters. The van der Waals surface area contributed by atoms with Crippen molar-refractivity contribution in [1.82, 2.24) is 4.90 Å². The zero-order valence-corrected chi connectivity index (χ0v) is 10.8. The normalized spacial score (nSPS) is 14.7. The molecule has 1 N–H and O–H groups in total. The van der Waals surface area contributed by atoms with Crippen molar-refractivity contribution < 1.29 is 14.3 Å². The van der Waals surface area contributed by atoms with Gasteiger partial charge in [-0.3, -0.25) is 9.59 Å². The molecule has 2 rings (SSSR count). The third-order valence-electron chi connectivity index (χ3n) is 2.55. The Morgan fingerprint density at radius 1 is 1.44 bits per heavy atom. The van der Waals surface area contributed by atoms with Gasteiger partial charge in [-0.1, -0.05) is 11.8 Å². The van der Waals surface area contributed by atoms with E-state index < -0.39 is 0 Å². The second-order valence-electron chi connectivity index (χ2n) is 3.81. The summed E-state index contributed by atoms with van der Waals surface area (Å²) >= 11 is 1.25. The number of rotatable bonds is 4. The van der Waals surface area contributed by atoms with Crippen molar-refractivity contribution in [2.75, 3.05) is 31.3 Å². The second-order valence-corrected chi connectivity index (χ2v) is 4.86. The minimum Gasteiger partial charge on any atom is -0.497 e. The summed E-state index contributed by atoms with van der Waals surface area (Å²) in [5.74, 6) is 1.31. The lowest BCUT2D eigenvalue weighted by atomic mass is 10.3. The molecule has 1 aliphatic rings. The van der Waals surface area contributed by atoms with Gasteiger partial charge < -0.3 is 15.0 Å². The molecule has 1 fully saturated rings. The average molecular weight is 266 g/mol. The summed E-state index contributed by atoms with van der Waals surface area (Å²) < 4.78 is 5.03. The van der Waals surface area contributed by atoms with Gasteiger partial charge in [0.25, 0.3) is 5.24 Å². The quantitative estimate of drug-likeness (QED) is 0.903. The molecule has 1 heterocycles. The third kappa shape index (κ3) is 3.16. The fourth-order valence-corrected chi connectivity index (χ4v) is 2.44. The number of nitrogens with zero attached hydrogens (tertiary/aromatic N) is 1. The number of carbonyl (C=O) groups excluding carboxylic acids is 2. The van der Waals surface area contributed by atoms with Gasteiger partial charge in [0.2, 0.25) is 5.91 Å². The van der Waals surface area contributed by atoms with Gasteiger partial charge >= 0.3 is 0 Å². The molecule has 0 radical (unpaired) electrons. The molecule has 2 amide bonds. The van der Waals surface area contributed by atoms with Crippen LogP contribution >= 0.6 is 11.8 Å². The number of ether oxygens (including phenoxy) is 1. The molecule has 0 saturated carbocycles. The fourth-order valence-electron chi connectivity index (χ4n) is 1.62. The first-order chi connectivity index (χ1) is 8.69. The van der Waals surface area contributed by atoms with Crippen molar-refractivity contribution in [3.63, 3.8) is 0 Å². The molecule has 0 aromatic heterocycles. The molecular weight excluding hydrogens is 252 g/mol. The number of benzene rings is 1. The predicted molar refractivity (Wildman–Crippen MR) is 71.1 cm³/mol. The van der Waals surface area contributed by atoms with Crippen LogP contribution < -0.4 is 10.1 Å². The first-order valence-electron chi connectivity index (χ1n) is 5.54. The van der Waals surface area contributed by atoms with Crippen molar-refractivity contribution >= 4 is 28.6 Å². The summed E-state index contributed by atoms with van der Waals surface area (Å²) in [7, 11) is 1.59. The van der Waals surface area contributed by atoms with E-state index in [1.54, 1.807) is 36.3 Å². The Morgan fingerprint density at radius 2 is 2.17 bits per heavy atom. The van der Waals surface area contributed by atoms with Gasteiger partial charge in [-0.2, -0.15) is 0 Å². The van der Waals surface area contributed by atoms with E-state index in [1.165, 1.54) is 11.8 Å². The number of amides is 2. The lowest BCUT2D eigenvalue weighted by Gasteiger charge is -2.14.